The van der Waals surface area contributed by atoms with Crippen LogP contribution in [0.25, 0.3) is 0 Å². The standard InChI is InChI=1S/C12H14N2O2.C2H6O/c15-8-10-3-5-14(6-4-10)12-2-1-11(9-16)13-7-12;1-3-2/h1-2,7-10H,3-6H2;1-2H3. The summed E-state index contributed by atoms with van der Waals surface area (Å²) >= 11 is 0. The van der Waals surface area contributed by atoms with Gasteiger partial charge in [-0.1, -0.05) is 0 Å². The second kappa shape index (κ2) is 8.37. The van der Waals surface area contributed by atoms with Crippen LogP contribution in [0.1, 0.15) is 23.3 Å². The van der Waals surface area contributed by atoms with Crippen LogP contribution in [0.3, 0.4) is 0 Å². The number of carbonyl (C=O) groups is 2. The highest BCUT2D eigenvalue weighted by molar-refractivity contribution is 5.72. The molecule has 0 unspecified atom stereocenters. The number of nitrogens with zero attached hydrogens (tertiary/aromatic N) is 2. The Morgan fingerprint density at radius 2 is 1.89 bits per heavy atom. The van der Waals surface area contributed by atoms with Gasteiger partial charge in [-0.25, -0.2) is 0 Å². The van der Waals surface area contributed by atoms with E-state index in [4.69, 9.17) is 0 Å². The molecule has 0 atom stereocenters. The Labute approximate surface area is 113 Å². The van der Waals surface area contributed by atoms with Crippen LogP contribution in [0.4, 0.5) is 5.69 Å². The quantitative estimate of drug-likeness (QED) is 0.776. The fourth-order valence-electron chi connectivity index (χ4n) is 1.95. The van der Waals surface area contributed by atoms with Gasteiger partial charge in [0.15, 0.2) is 6.29 Å². The van der Waals surface area contributed by atoms with Crippen molar-refractivity contribution >= 4 is 18.3 Å². The second-order valence-electron chi connectivity index (χ2n) is 4.43. The zero-order valence-corrected chi connectivity index (χ0v) is 11.4. The first-order valence-electron chi connectivity index (χ1n) is 6.26. The van der Waals surface area contributed by atoms with Gasteiger partial charge in [0.05, 0.1) is 11.9 Å². The Hall–Kier alpha value is -1.75. The third-order valence-electron chi connectivity index (χ3n) is 2.99. The van der Waals surface area contributed by atoms with Crippen molar-refractivity contribution in [3.8, 4) is 0 Å². The maximum absolute atomic E-state index is 10.6. The van der Waals surface area contributed by atoms with Gasteiger partial charge >= 0.3 is 0 Å². The number of aromatic nitrogens is 1. The van der Waals surface area contributed by atoms with E-state index in [2.05, 4.69) is 14.6 Å². The molecule has 0 aliphatic carbocycles. The van der Waals surface area contributed by atoms with E-state index in [9.17, 15) is 9.59 Å². The summed E-state index contributed by atoms with van der Waals surface area (Å²) in [7, 11) is 3.25. The summed E-state index contributed by atoms with van der Waals surface area (Å²) in [5, 5.41) is 0. The van der Waals surface area contributed by atoms with E-state index in [0.717, 1.165) is 44.2 Å². The molecule has 0 bridgehead atoms. The fourth-order valence-corrected chi connectivity index (χ4v) is 1.95. The Morgan fingerprint density at radius 1 is 1.26 bits per heavy atom. The van der Waals surface area contributed by atoms with Crippen LogP contribution in [0, 0.1) is 5.92 Å². The first-order chi connectivity index (χ1) is 9.24. The van der Waals surface area contributed by atoms with Gasteiger partial charge in [-0.3, -0.25) is 9.78 Å². The Kier molecular flexibility index (Phi) is 6.74. The van der Waals surface area contributed by atoms with E-state index in [0.29, 0.717) is 5.69 Å². The summed E-state index contributed by atoms with van der Waals surface area (Å²) in [5.41, 5.74) is 1.47. The highest BCUT2D eigenvalue weighted by Gasteiger charge is 2.18. The molecule has 5 nitrogen and oxygen atoms in total. The fraction of sp³-hybridized carbons (Fsp3) is 0.500. The molecule has 2 heterocycles. The summed E-state index contributed by atoms with van der Waals surface area (Å²) < 4.78 is 4.25. The van der Waals surface area contributed by atoms with Gasteiger partial charge in [-0.15, -0.1) is 0 Å². The summed E-state index contributed by atoms with van der Waals surface area (Å²) in [6.45, 7) is 1.76. The molecule has 1 saturated heterocycles. The zero-order valence-electron chi connectivity index (χ0n) is 11.4. The highest BCUT2D eigenvalue weighted by Crippen LogP contribution is 2.21. The molecular formula is C14H20N2O3. The molecule has 19 heavy (non-hydrogen) atoms. The van der Waals surface area contributed by atoms with E-state index in [1.807, 2.05) is 6.07 Å². The normalized spacial score (nSPS) is 15.4. The number of hydrogen-bond acceptors (Lipinski definition) is 5. The van der Waals surface area contributed by atoms with Crippen LogP contribution in [-0.2, 0) is 9.53 Å². The van der Waals surface area contributed by atoms with Gasteiger partial charge in [0, 0.05) is 33.2 Å². The molecule has 0 amide bonds. The molecular weight excluding hydrogens is 244 g/mol. The average molecular weight is 264 g/mol. The van der Waals surface area contributed by atoms with Crippen LogP contribution in [-0.4, -0.2) is 44.9 Å². The summed E-state index contributed by atoms with van der Waals surface area (Å²) in [5.74, 6) is 0.207. The lowest BCUT2D eigenvalue weighted by Crippen LogP contribution is -2.34. The van der Waals surface area contributed by atoms with Crippen molar-refractivity contribution in [2.24, 2.45) is 5.92 Å². The number of ether oxygens (including phenoxy) is 1. The molecule has 0 spiro atoms. The minimum absolute atomic E-state index is 0.207. The number of pyridine rings is 1. The molecule has 5 heteroatoms. The van der Waals surface area contributed by atoms with Crippen molar-refractivity contribution in [3.05, 3.63) is 24.0 Å². The number of anilines is 1. The largest absolute Gasteiger partial charge is 0.388 e. The van der Waals surface area contributed by atoms with E-state index in [-0.39, 0.29) is 5.92 Å². The number of methoxy groups -OCH3 is 1. The van der Waals surface area contributed by atoms with Crippen LogP contribution in [0.5, 0.6) is 0 Å². The van der Waals surface area contributed by atoms with E-state index < -0.39 is 0 Å². The minimum atomic E-state index is 0.207. The third kappa shape index (κ3) is 4.79. The van der Waals surface area contributed by atoms with Crippen LogP contribution >= 0.6 is 0 Å². The molecule has 1 aromatic rings. The maximum atomic E-state index is 10.6. The van der Waals surface area contributed by atoms with Gasteiger partial charge in [-0.05, 0) is 25.0 Å². The number of rotatable bonds is 3. The highest BCUT2D eigenvalue weighted by atomic mass is 16.4. The van der Waals surface area contributed by atoms with Gasteiger partial charge in [0.1, 0.15) is 12.0 Å². The van der Waals surface area contributed by atoms with Crippen LogP contribution < -0.4 is 4.90 Å². The lowest BCUT2D eigenvalue weighted by Gasteiger charge is -2.31. The van der Waals surface area contributed by atoms with E-state index in [1.165, 1.54) is 0 Å². The Morgan fingerprint density at radius 3 is 2.32 bits per heavy atom. The van der Waals surface area contributed by atoms with Gasteiger partial charge in [0.25, 0.3) is 0 Å². The molecule has 0 aromatic carbocycles. The predicted molar refractivity (Wildman–Crippen MR) is 73.6 cm³/mol. The van der Waals surface area contributed by atoms with Crippen molar-refractivity contribution in [2.75, 3.05) is 32.2 Å². The minimum Gasteiger partial charge on any atom is -0.388 e. The van der Waals surface area contributed by atoms with Crippen molar-refractivity contribution in [1.82, 2.24) is 4.98 Å². The third-order valence-corrected chi connectivity index (χ3v) is 2.99. The molecule has 0 saturated carbocycles. The summed E-state index contributed by atoms with van der Waals surface area (Å²) in [6, 6.07) is 3.62. The van der Waals surface area contributed by atoms with Crippen molar-refractivity contribution in [2.45, 2.75) is 12.8 Å². The first-order valence-corrected chi connectivity index (χ1v) is 6.26. The maximum Gasteiger partial charge on any atom is 0.168 e. The van der Waals surface area contributed by atoms with Gasteiger partial charge in [-0.2, -0.15) is 0 Å². The zero-order chi connectivity index (χ0) is 14.1. The summed E-state index contributed by atoms with van der Waals surface area (Å²) in [4.78, 5) is 27.3. The number of aldehydes is 2. The molecule has 1 fully saturated rings. The summed E-state index contributed by atoms with van der Waals surface area (Å²) in [6.07, 6.45) is 5.30. The number of piperidine rings is 1. The Balaban J connectivity index is 0.000000550. The lowest BCUT2D eigenvalue weighted by molar-refractivity contribution is -0.111. The molecule has 1 aliphatic rings. The second-order valence-corrected chi connectivity index (χ2v) is 4.43. The lowest BCUT2D eigenvalue weighted by atomic mass is 9.98. The smallest absolute Gasteiger partial charge is 0.168 e. The van der Waals surface area contributed by atoms with Crippen LogP contribution in [0.15, 0.2) is 18.3 Å². The van der Waals surface area contributed by atoms with E-state index >= 15 is 0 Å². The van der Waals surface area contributed by atoms with Crippen molar-refractivity contribution < 1.29 is 14.3 Å². The van der Waals surface area contributed by atoms with Crippen molar-refractivity contribution in [1.29, 1.82) is 0 Å². The predicted octanol–water partition coefficient (Wildman–Crippen LogP) is 1.57. The van der Waals surface area contributed by atoms with Crippen molar-refractivity contribution in [3.63, 3.8) is 0 Å². The number of hydrogen-bond donors (Lipinski definition) is 0. The van der Waals surface area contributed by atoms with Gasteiger partial charge in [0.2, 0.25) is 0 Å². The van der Waals surface area contributed by atoms with Gasteiger partial charge < -0.3 is 14.4 Å². The molecule has 0 N–H and O–H groups in total. The average Bonchev–Trinajstić information content (AvgIpc) is 2.48. The molecule has 1 aromatic heterocycles. The topological polar surface area (TPSA) is 59.5 Å². The number of carbonyl (C=O) groups excluding carboxylic acids is 2. The SMILES string of the molecule is COC.O=Cc1ccc(N2CCC(C=O)CC2)cn1. The van der Waals surface area contributed by atoms with Crippen LogP contribution in [0.2, 0.25) is 0 Å². The molecule has 0 radical (unpaired) electrons. The Bertz CT molecular complexity index is 384. The molecule has 1 aliphatic heterocycles. The first kappa shape index (κ1) is 15.3. The molecule has 104 valence electrons. The molecule has 2 rings (SSSR count). The van der Waals surface area contributed by atoms with E-state index in [1.54, 1.807) is 26.5 Å². The monoisotopic (exact) mass is 264 g/mol.